The Morgan fingerprint density at radius 1 is 1.50 bits per heavy atom. The third kappa shape index (κ3) is 3.05. The highest BCUT2D eigenvalue weighted by Crippen LogP contribution is 2.28. The number of amides is 1. The molecule has 0 radical (unpaired) electrons. The number of methoxy groups -OCH3 is 1. The minimum Gasteiger partial charge on any atom is -0.496 e. The Morgan fingerprint density at radius 3 is 2.80 bits per heavy atom. The first kappa shape index (κ1) is 14.7. The lowest BCUT2D eigenvalue weighted by atomic mass is 10.1. The molecule has 1 amide bonds. The van der Waals surface area contributed by atoms with Crippen molar-refractivity contribution in [3.05, 3.63) is 28.8 Å². The Morgan fingerprint density at radius 2 is 2.20 bits per heavy atom. The summed E-state index contributed by atoms with van der Waals surface area (Å²) in [5, 5.41) is 9.49. The molecule has 0 saturated heterocycles. The summed E-state index contributed by atoms with van der Waals surface area (Å²) in [6.07, 6.45) is 4.14. The fourth-order valence-corrected chi connectivity index (χ4v) is 2.82. The van der Waals surface area contributed by atoms with Crippen LogP contribution in [0, 0.1) is 11.3 Å². The first-order chi connectivity index (χ1) is 9.67. The van der Waals surface area contributed by atoms with Crippen LogP contribution in [0.4, 0.5) is 0 Å². The lowest BCUT2D eigenvalue weighted by molar-refractivity contribution is 0.0706. The number of hydrogen-bond acceptors (Lipinski definition) is 3. The van der Waals surface area contributed by atoms with E-state index in [1.165, 1.54) is 7.11 Å². The number of hydrogen-bond donors (Lipinski definition) is 0. The first-order valence-electron chi connectivity index (χ1n) is 6.69. The molecule has 0 N–H and O–H groups in total. The number of nitriles is 1. The summed E-state index contributed by atoms with van der Waals surface area (Å²) in [6, 6.07) is 7.18. The fraction of sp³-hybridized carbons (Fsp3) is 0.467. The molecular formula is C15H17ClN2O2. The summed E-state index contributed by atoms with van der Waals surface area (Å²) >= 11 is 5.91. The molecule has 1 saturated carbocycles. The van der Waals surface area contributed by atoms with Crippen LogP contribution in [0.3, 0.4) is 0 Å². The van der Waals surface area contributed by atoms with Crippen LogP contribution in [0.1, 0.15) is 36.0 Å². The number of halogens is 1. The molecule has 0 bridgehead atoms. The number of carbonyl (C=O) groups excluding carboxylic acids is 1. The van der Waals surface area contributed by atoms with Gasteiger partial charge in [-0.3, -0.25) is 4.79 Å². The molecule has 1 aromatic carbocycles. The topological polar surface area (TPSA) is 53.3 Å². The van der Waals surface area contributed by atoms with E-state index in [1.807, 2.05) is 0 Å². The van der Waals surface area contributed by atoms with Crippen molar-refractivity contribution in [1.82, 2.24) is 4.90 Å². The van der Waals surface area contributed by atoms with Crippen molar-refractivity contribution < 1.29 is 9.53 Å². The van der Waals surface area contributed by atoms with E-state index >= 15 is 0 Å². The number of ether oxygens (including phenoxy) is 1. The summed E-state index contributed by atoms with van der Waals surface area (Å²) in [5.41, 5.74) is 0.457. The van der Waals surface area contributed by atoms with Crippen LogP contribution in [-0.4, -0.2) is 30.5 Å². The van der Waals surface area contributed by atoms with Gasteiger partial charge in [-0.15, -0.1) is 0 Å². The van der Waals surface area contributed by atoms with Gasteiger partial charge in [0.05, 0.1) is 18.7 Å². The molecule has 1 aliphatic rings. The zero-order valence-electron chi connectivity index (χ0n) is 11.4. The van der Waals surface area contributed by atoms with E-state index < -0.39 is 0 Å². The Hall–Kier alpha value is -1.73. The predicted molar refractivity (Wildman–Crippen MR) is 76.9 cm³/mol. The van der Waals surface area contributed by atoms with E-state index in [0.29, 0.717) is 16.3 Å². The minimum absolute atomic E-state index is 0.106. The van der Waals surface area contributed by atoms with Gasteiger partial charge in [0.15, 0.2) is 0 Å². The first-order valence-corrected chi connectivity index (χ1v) is 7.06. The highest BCUT2D eigenvalue weighted by atomic mass is 35.5. The minimum atomic E-state index is -0.160. The van der Waals surface area contributed by atoms with Crippen molar-refractivity contribution in [1.29, 1.82) is 5.26 Å². The van der Waals surface area contributed by atoms with Crippen molar-refractivity contribution in [2.24, 2.45) is 0 Å². The van der Waals surface area contributed by atoms with Crippen molar-refractivity contribution in [3.8, 4) is 11.8 Å². The molecule has 0 aromatic heterocycles. The predicted octanol–water partition coefficient (Wildman–Crippen LogP) is 3.26. The van der Waals surface area contributed by atoms with Gasteiger partial charge in [-0.05, 0) is 31.0 Å². The van der Waals surface area contributed by atoms with Crippen molar-refractivity contribution in [2.75, 3.05) is 13.7 Å². The zero-order chi connectivity index (χ0) is 14.5. The molecular weight excluding hydrogens is 276 g/mol. The lowest BCUT2D eigenvalue weighted by Gasteiger charge is -2.27. The number of benzene rings is 1. The molecule has 2 rings (SSSR count). The molecule has 0 heterocycles. The van der Waals surface area contributed by atoms with Gasteiger partial charge < -0.3 is 9.64 Å². The summed E-state index contributed by atoms with van der Waals surface area (Å²) in [7, 11) is 1.51. The molecule has 0 aliphatic heterocycles. The Bertz CT molecular complexity index is 533. The Labute approximate surface area is 123 Å². The van der Waals surface area contributed by atoms with Crippen LogP contribution in [0.5, 0.6) is 5.75 Å². The van der Waals surface area contributed by atoms with Gasteiger partial charge in [0.2, 0.25) is 0 Å². The molecule has 1 aliphatic carbocycles. The van der Waals surface area contributed by atoms with Gasteiger partial charge in [-0.25, -0.2) is 0 Å². The highest BCUT2D eigenvalue weighted by Gasteiger charge is 2.28. The second kappa shape index (κ2) is 6.62. The Balaban J connectivity index is 2.29. The number of carbonyl (C=O) groups is 1. The molecule has 5 heteroatoms. The maximum atomic E-state index is 12.7. The SMILES string of the molecule is COc1cc(Cl)ccc1C(=O)N(CC#N)C1CCCC1. The average molecular weight is 293 g/mol. The van der Waals surface area contributed by atoms with Crippen LogP contribution in [0.15, 0.2) is 18.2 Å². The number of rotatable bonds is 4. The van der Waals surface area contributed by atoms with Gasteiger partial charge in [0, 0.05) is 11.1 Å². The zero-order valence-corrected chi connectivity index (χ0v) is 12.2. The largest absolute Gasteiger partial charge is 0.496 e. The van der Waals surface area contributed by atoms with Gasteiger partial charge in [0.25, 0.3) is 5.91 Å². The summed E-state index contributed by atoms with van der Waals surface area (Å²) in [5.74, 6) is 0.287. The quantitative estimate of drug-likeness (QED) is 0.800. The van der Waals surface area contributed by atoms with E-state index in [9.17, 15) is 4.79 Å². The van der Waals surface area contributed by atoms with E-state index in [2.05, 4.69) is 6.07 Å². The normalized spacial score (nSPS) is 14.8. The molecule has 1 aromatic rings. The van der Waals surface area contributed by atoms with E-state index in [4.69, 9.17) is 21.6 Å². The van der Waals surface area contributed by atoms with Crippen LogP contribution in [0.25, 0.3) is 0 Å². The summed E-state index contributed by atoms with van der Waals surface area (Å²) in [6.45, 7) is 0.106. The molecule has 20 heavy (non-hydrogen) atoms. The standard InChI is InChI=1S/C15H17ClN2O2/c1-20-14-10-11(16)6-7-13(14)15(19)18(9-8-17)12-4-2-3-5-12/h6-7,10,12H,2-5,9H2,1H3. The maximum Gasteiger partial charge on any atom is 0.258 e. The van der Waals surface area contributed by atoms with Gasteiger partial charge in [-0.1, -0.05) is 24.4 Å². The summed E-state index contributed by atoms with van der Waals surface area (Å²) < 4.78 is 5.22. The van der Waals surface area contributed by atoms with Crippen molar-refractivity contribution in [2.45, 2.75) is 31.7 Å². The van der Waals surface area contributed by atoms with E-state index in [-0.39, 0.29) is 18.5 Å². The van der Waals surface area contributed by atoms with Crippen LogP contribution in [-0.2, 0) is 0 Å². The maximum absolute atomic E-state index is 12.7. The van der Waals surface area contributed by atoms with Crippen LogP contribution >= 0.6 is 11.6 Å². The van der Waals surface area contributed by atoms with Gasteiger partial charge in [0.1, 0.15) is 12.3 Å². The number of nitrogens with zero attached hydrogens (tertiary/aromatic N) is 2. The monoisotopic (exact) mass is 292 g/mol. The fourth-order valence-electron chi connectivity index (χ4n) is 2.66. The smallest absolute Gasteiger partial charge is 0.258 e. The van der Waals surface area contributed by atoms with Crippen LogP contribution in [0.2, 0.25) is 5.02 Å². The molecule has 0 spiro atoms. The molecule has 1 fully saturated rings. The molecule has 4 nitrogen and oxygen atoms in total. The van der Waals surface area contributed by atoms with Crippen LogP contribution < -0.4 is 4.74 Å². The Kier molecular flexibility index (Phi) is 4.86. The van der Waals surface area contributed by atoms with Gasteiger partial charge in [-0.2, -0.15) is 5.26 Å². The van der Waals surface area contributed by atoms with E-state index in [1.54, 1.807) is 23.1 Å². The van der Waals surface area contributed by atoms with Crippen molar-refractivity contribution in [3.63, 3.8) is 0 Å². The lowest BCUT2D eigenvalue weighted by Crippen LogP contribution is -2.39. The second-order valence-corrected chi connectivity index (χ2v) is 5.31. The van der Waals surface area contributed by atoms with Gasteiger partial charge >= 0.3 is 0 Å². The third-order valence-electron chi connectivity index (χ3n) is 3.66. The van der Waals surface area contributed by atoms with E-state index in [0.717, 1.165) is 25.7 Å². The highest BCUT2D eigenvalue weighted by molar-refractivity contribution is 6.30. The average Bonchev–Trinajstić information content (AvgIpc) is 2.97. The molecule has 0 unspecified atom stereocenters. The molecule has 106 valence electrons. The molecule has 0 atom stereocenters. The summed E-state index contributed by atoms with van der Waals surface area (Å²) in [4.78, 5) is 14.3. The van der Waals surface area contributed by atoms with Crippen molar-refractivity contribution >= 4 is 17.5 Å². The second-order valence-electron chi connectivity index (χ2n) is 4.87. The third-order valence-corrected chi connectivity index (χ3v) is 3.90.